The largest absolute Gasteiger partial charge is 0.485 e. The van der Waals surface area contributed by atoms with Crippen molar-refractivity contribution in [3.05, 3.63) is 35.4 Å². The number of rotatable bonds is 3. The van der Waals surface area contributed by atoms with Crippen LogP contribution in [0.25, 0.3) is 0 Å². The van der Waals surface area contributed by atoms with E-state index in [0.717, 1.165) is 11.6 Å². The SMILES string of the molecule is Cc1nnc(COc2ccc3c(c2)OCC3=O)n1C. The number of aryl methyl sites for hydroxylation is 1. The molecule has 0 spiro atoms. The van der Waals surface area contributed by atoms with Crippen LogP contribution in [0.5, 0.6) is 11.5 Å². The number of benzene rings is 1. The van der Waals surface area contributed by atoms with Gasteiger partial charge in [-0.3, -0.25) is 4.79 Å². The zero-order valence-electron chi connectivity index (χ0n) is 10.7. The summed E-state index contributed by atoms with van der Waals surface area (Å²) in [6, 6.07) is 5.21. The van der Waals surface area contributed by atoms with E-state index in [4.69, 9.17) is 9.47 Å². The van der Waals surface area contributed by atoms with Crippen molar-refractivity contribution in [2.45, 2.75) is 13.5 Å². The summed E-state index contributed by atoms with van der Waals surface area (Å²) < 4.78 is 12.8. The number of hydrogen-bond acceptors (Lipinski definition) is 5. The first kappa shape index (κ1) is 11.7. The summed E-state index contributed by atoms with van der Waals surface area (Å²) in [6.07, 6.45) is 0. The highest BCUT2D eigenvalue weighted by Crippen LogP contribution is 2.29. The van der Waals surface area contributed by atoms with Gasteiger partial charge in [0.05, 0.1) is 5.56 Å². The highest BCUT2D eigenvalue weighted by atomic mass is 16.5. The zero-order valence-corrected chi connectivity index (χ0v) is 10.7. The molecule has 3 rings (SSSR count). The fourth-order valence-electron chi connectivity index (χ4n) is 1.89. The van der Waals surface area contributed by atoms with E-state index in [2.05, 4.69) is 10.2 Å². The quantitative estimate of drug-likeness (QED) is 0.830. The van der Waals surface area contributed by atoms with E-state index >= 15 is 0 Å². The molecule has 0 amide bonds. The van der Waals surface area contributed by atoms with E-state index in [-0.39, 0.29) is 12.4 Å². The summed E-state index contributed by atoms with van der Waals surface area (Å²) in [6.45, 7) is 2.32. The standard InChI is InChI=1S/C13H13N3O3/c1-8-14-15-13(16(8)2)7-18-9-3-4-10-11(17)6-19-12(10)5-9/h3-5H,6-7H2,1-2H3. The minimum Gasteiger partial charge on any atom is -0.485 e. The van der Waals surface area contributed by atoms with E-state index in [9.17, 15) is 4.79 Å². The molecule has 1 aliphatic rings. The van der Waals surface area contributed by atoms with Crippen molar-refractivity contribution in [2.75, 3.05) is 6.61 Å². The Bertz CT molecular complexity index is 649. The highest BCUT2D eigenvalue weighted by molar-refractivity contribution is 6.02. The van der Waals surface area contributed by atoms with Crippen LogP contribution in [0.1, 0.15) is 22.0 Å². The molecule has 98 valence electrons. The first-order chi connectivity index (χ1) is 9.15. The van der Waals surface area contributed by atoms with E-state index < -0.39 is 0 Å². The molecule has 0 N–H and O–H groups in total. The molecule has 1 aromatic carbocycles. The van der Waals surface area contributed by atoms with Crippen LogP contribution in [0.15, 0.2) is 18.2 Å². The van der Waals surface area contributed by atoms with Gasteiger partial charge in [-0.05, 0) is 19.1 Å². The molecule has 0 aliphatic carbocycles. The van der Waals surface area contributed by atoms with Gasteiger partial charge in [-0.1, -0.05) is 0 Å². The third-order valence-corrected chi connectivity index (χ3v) is 3.16. The van der Waals surface area contributed by atoms with Crippen molar-refractivity contribution < 1.29 is 14.3 Å². The normalized spacial score (nSPS) is 13.3. The predicted octanol–water partition coefficient (Wildman–Crippen LogP) is 1.28. The number of aromatic nitrogens is 3. The van der Waals surface area contributed by atoms with Crippen LogP contribution in [0, 0.1) is 6.92 Å². The molecule has 1 aromatic heterocycles. The molecule has 1 aliphatic heterocycles. The molecule has 2 aromatic rings. The van der Waals surface area contributed by atoms with E-state index in [1.54, 1.807) is 18.2 Å². The molecule has 0 saturated carbocycles. The van der Waals surface area contributed by atoms with Gasteiger partial charge in [0.15, 0.2) is 12.4 Å². The zero-order chi connectivity index (χ0) is 13.4. The number of carbonyl (C=O) groups excluding carboxylic acids is 1. The topological polar surface area (TPSA) is 66.2 Å². The summed E-state index contributed by atoms with van der Waals surface area (Å²) in [5.74, 6) is 2.81. The van der Waals surface area contributed by atoms with E-state index in [1.165, 1.54) is 0 Å². The van der Waals surface area contributed by atoms with Crippen molar-refractivity contribution >= 4 is 5.78 Å². The Labute approximate surface area is 110 Å². The summed E-state index contributed by atoms with van der Waals surface area (Å²) in [5.41, 5.74) is 0.613. The van der Waals surface area contributed by atoms with Crippen LogP contribution in [0.4, 0.5) is 0 Å². The van der Waals surface area contributed by atoms with Gasteiger partial charge in [0.1, 0.15) is 23.9 Å². The van der Waals surface area contributed by atoms with Crippen LogP contribution in [0.3, 0.4) is 0 Å². The Morgan fingerprint density at radius 1 is 1.42 bits per heavy atom. The van der Waals surface area contributed by atoms with Crippen LogP contribution in [-0.2, 0) is 13.7 Å². The lowest BCUT2D eigenvalue weighted by Gasteiger charge is -2.07. The average Bonchev–Trinajstić information content (AvgIpc) is 2.93. The molecule has 6 heteroatoms. The van der Waals surface area contributed by atoms with Gasteiger partial charge in [-0.25, -0.2) is 0 Å². The summed E-state index contributed by atoms with van der Waals surface area (Å²) in [5, 5.41) is 7.98. The molecule has 19 heavy (non-hydrogen) atoms. The number of hydrogen-bond donors (Lipinski definition) is 0. The molecule has 0 bridgehead atoms. The number of carbonyl (C=O) groups is 1. The second-order valence-electron chi connectivity index (χ2n) is 4.38. The first-order valence-corrected chi connectivity index (χ1v) is 5.93. The van der Waals surface area contributed by atoms with E-state index in [0.29, 0.717) is 23.7 Å². The molecular formula is C13H13N3O3. The smallest absolute Gasteiger partial charge is 0.203 e. The Morgan fingerprint density at radius 2 is 2.26 bits per heavy atom. The molecule has 2 heterocycles. The second kappa shape index (κ2) is 4.38. The van der Waals surface area contributed by atoms with Gasteiger partial charge in [0, 0.05) is 13.1 Å². The fraction of sp³-hybridized carbons (Fsp3) is 0.308. The highest BCUT2D eigenvalue weighted by Gasteiger charge is 2.21. The Morgan fingerprint density at radius 3 is 3.00 bits per heavy atom. The van der Waals surface area contributed by atoms with Crippen molar-refractivity contribution in [3.63, 3.8) is 0 Å². The number of nitrogens with zero attached hydrogens (tertiary/aromatic N) is 3. The summed E-state index contributed by atoms with van der Waals surface area (Å²) in [7, 11) is 1.89. The predicted molar refractivity (Wildman–Crippen MR) is 66.3 cm³/mol. The van der Waals surface area contributed by atoms with Crippen LogP contribution >= 0.6 is 0 Å². The Kier molecular flexibility index (Phi) is 2.70. The Hall–Kier alpha value is -2.37. The van der Waals surface area contributed by atoms with Crippen LogP contribution < -0.4 is 9.47 Å². The van der Waals surface area contributed by atoms with Crippen LogP contribution in [-0.4, -0.2) is 27.2 Å². The Balaban J connectivity index is 1.74. The molecule has 0 unspecified atom stereocenters. The molecule has 6 nitrogen and oxygen atoms in total. The van der Waals surface area contributed by atoms with Gasteiger partial charge >= 0.3 is 0 Å². The average molecular weight is 259 g/mol. The number of ketones is 1. The first-order valence-electron chi connectivity index (χ1n) is 5.93. The fourth-order valence-corrected chi connectivity index (χ4v) is 1.89. The maximum Gasteiger partial charge on any atom is 0.203 e. The van der Waals surface area contributed by atoms with E-state index in [1.807, 2.05) is 18.5 Å². The van der Waals surface area contributed by atoms with Crippen molar-refractivity contribution in [1.82, 2.24) is 14.8 Å². The lowest BCUT2D eigenvalue weighted by atomic mass is 10.1. The van der Waals surface area contributed by atoms with Crippen LogP contribution in [0.2, 0.25) is 0 Å². The molecule has 0 radical (unpaired) electrons. The van der Waals surface area contributed by atoms with Gasteiger partial charge < -0.3 is 14.0 Å². The third-order valence-electron chi connectivity index (χ3n) is 3.16. The third kappa shape index (κ3) is 2.05. The lowest BCUT2D eigenvalue weighted by molar-refractivity contribution is 0.0961. The summed E-state index contributed by atoms with van der Waals surface area (Å²) in [4.78, 5) is 11.4. The van der Waals surface area contributed by atoms with Gasteiger partial charge in [0.2, 0.25) is 5.78 Å². The van der Waals surface area contributed by atoms with Crippen molar-refractivity contribution in [2.24, 2.45) is 7.05 Å². The lowest BCUT2D eigenvalue weighted by Crippen LogP contribution is -2.04. The monoisotopic (exact) mass is 259 g/mol. The van der Waals surface area contributed by atoms with Crippen molar-refractivity contribution in [1.29, 1.82) is 0 Å². The minimum absolute atomic E-state index is 0.00507. The van der Waals surface area contributed by atoms with Crippen molar-refractivity contribution in [3.8, 4) is 11.5 Å². The number of fused-ring (bicyclic) bond motifs is 1. The van der Waals surface area contributed by atoms with Gasteiger partial charge in [-0.15, -0.1) is 10.2 Å². The maximum absolute atomic E-state index is 11.4. The maximum atomic E-state index is 11.4. The molecule has 0 saturated heterocycles. The molecular weight excluding hydrogens is 246 g/mol. The summed E-state index contributed by atoms with van der Waals surface area (Å²) >= 11 is 0. The number of Topliss-reactive ketones (excluding diaryl/α,β-unsaturated/α-hetero) is 1. The van der Waals surface area contributed by atoms with Gasteiger partial charge in [-0.2, -0.15) is 0 Å². The molecule has 0 atom stereocenters. The number of ether oxygens (including phenoxy) is 2. The molecule has 0 fully saturated rings. The second-order valence-corrected chi connectivity index (χ2v) is 4.38. The van der Waals surface area contributed by atoms with Gasteiger partial charge in [0.25, 0.3) is 0 Å². The minimum atomic E-state index is 0.00507.